The Hall–Kier alpha value is -1.75. The molecule has 0 aromatic heterocycles. The number of likely N-dealkylation sites (tertiary alicyclic amines) is 1. The summed E-state index contributed by atoms with van der Waals surface area (Å²) < 4.78 is 5.23. The number of nitrogens with zero attached hydrogens (tertiary/aromatic N) is 1. The maximum atomic E-state index is 11.2. The first-order valence-electron chi connectivity index (χ1n) is 8.92. The highest BCUT2D eigenvalue weighted by molar-refractivity contribution is 5.65. The Morgan fingerprint density at radius 3 is 2.54 bits per heavy atom. The highest BCUT2D eigenvalue weighted by Crippen LogP contribution is 2.47. The van der Waals surface area contributed by atoms with E-state index >= 15 is 0 Å². The fraction of sp³-hybridized carbons (Fsp3) is 0.632. The van der Waals surface area contributed by atoms with Crippen molar-refractivity contribution in [1.82, 2.24) is 10.2 Å². The van der Waals surface area contributed by atoms with Crippen LogP contribution in [0.5, 0.6) is 5.75 Å². The fourth-order valence-corrected chi connectivity index (χ4v) is 4.43. The van der Waals surface area contributed by atoms with E-state index in [9.17, 15) is 9.90 Å². The van der Waals surface area contributed by atoms with Gasteiger partial charge in [0.25, 0.3) is 0 Å². The predicted molar refractivity (Wildman–Crippen MR) is 93.4 cm³/mol. The molecule has 2 unspecified atom stereocenters. The summed E-state index contributed by atoms with van der Waals surface area (Å²) in [7, 11) is 1.68. The third kappa shape index (κ3) is 3.36. The van der Waals surface area contributed by atoms with Crippen LogP contribution in [0, 0.1) is 5.41 Å². The summed E-state index contributed by atoms with van der Waals surface area (Å²) in [4.78, 5) is 12.7. The van der Waals surface area contributed by atoms with E-state index in [1.165, 1.54) is 24.8 Å². The molecule has 1 aromatic carbocycles. The van der Waals surface area contributed by atoms with Gasteiger partial charge in [0.1, 0.15) is 5.75 Å². The molecule has 1 saturated carbocycles. The molecule has 1 spiro atoms. The second-order valence-corrected chi connectivity index (χ2v) is 7.24. The van der Waals surface area contributed by atoms with Crippen molar-refractivity contribution in [2.75, 3.05) is 20.2 Å². The zero-order valence-electron chi connectivity index (χ0n) is 14.6. The number of benzene rings is 1. The van der Waals surface area contributed by atoms with Crippen LogP contribution < -0.4 is 10.1 Å². The summed E-state index contributed by atoms with van der Waals surface area (Å²) in [5.74, 6) is 0.879. The molecule has 1 aliphatic carbocycles. The number of carboxylic acid groups (broad SMARTS) is 1. The topological polar surface area (TPSA) is 61.8 Å². The molecule has 1 amide bonds. The van der Waals surface area contributed by atoms with Gasteiger partial charge in [-0.3, -0.25) is 0 Å². The smallest absolute Gasteiger partial charge is 0.407 e. The molecule has 5 heteroatoms. The Kier molecular flexibility index (Phi) is 4.99. The highest BCUT2D eigenvalue weighted by Gasteiger charge is 2.45. The van der Waals surface area contributed by atoms with E-state index in [1.54, 1.807) is 12.0 Å². The number of methoxy groups -OCH3 is 1. The minimum absolute atomic E-state index is 0.271. The van der Waals surface area contributed by atoms with E-state index < -0.39 is 6.09 Å². The number of nitrogens with one attached hydrogen (secondary N) is 1. The first-order chi connectivity index (χ1) is 11.5. The lowest BCUT2D eigenvalue weighted by Gasteiger charge is -2.43. The largest absolute Gasteiger partial charge is 0.497 e. The average molecular weight is 332 g/mol. The molecule has 132 valence electrons. The van der Waals surface area contributed by atoms with Crippen molar-refractivity contribution in [2.45, 2.75) is 51.1 Å². The van der Waals surface area contributed by atoms with Crippen LogP contribution in [0.25, 0.3) is 0 Å². The molecule has 2 aliphatic rings. The highest BCUT2D eigenvalue weighted by atomic mass is 16.5. The third-order valence-electron chi connectivity index (χ3n) is 6.00. The Labute approximate surface area is 144 Å². The van der Waals surface area contributed by atoms with Gasteiger partial charge in [-0.25, -0.2) is 4.79 Å². The number of rotatable bonds is 4. The van der Waals surface area contributed by atoms with Crippen molar-refractivity contribution in [3.8, 4) is 5.75 Å². The van der Waals surface area contributed by atoms with Gasteiger partial charge in [-0.2, -0.15) is 0 Å². The van der Waals surface area contributed by atoms with Crippen molar-refractivity contribution < 1.29 is 14.6 Å². The Morgan fingerprint density at radius 1 is 1.29 bits per heavy atom. The van der Waals surface area contributed by atoms with Crippen molar-refractivity contribution in [2.24, 2.45) is 5.41 Å². The molecule has 3 rings (SSSR count). The van der Waals surface area contributed by atoms with Gasteiger partial charge in [0.05, 0.1) is 7.11 Å². The van der Waals surface area contributed by atoms with Crippen molar-refractivity contribution in [3.05, 3.63) is 29.8 Å². The molecule has 0 bridgehead atoms. The average Bonchev–Trinajstić information content (AvgIpc) is 2.97. The lowest BCUT2D eigenvalue weighted by Crippen LogP contribution is -2.50. The summed E-state index contributed by atoms with van der Waals surface area (Å²) in [6.45, 7) is 3.55. The SMILES string of the molecule is COc1ccc(C(C)NC2CCCC23CCN(C(=O)O)CC3)cc1. The molecule has 0 radical (unpaired) electrons. The molecular weight excluding hydrogens is 304 g/mol. The summed E-state index contributed by atoms with van der Waals surface area (Å²) in [6, 6.07) is 9.00. The van der Waals surface area contributed by atoms with Gasteiger partial charge < -0.3 is 20.1 Å². The normalized spacial score (nSPS) is 24.1. The molecule has 1 aromatic rings. The van der Waals surface area contributed by atoms with Crippen LogP contribution in [0.2, 0.25) is 0 Å². The van der Waals surface area contributed by atoms with Crippen LogP contribution >= 0.6 is 0 Å². The third-order valence-corrected chi connectivity index (χ3v) is 6.00. The van der Waals surface area contributed by atoms with Crippen LogP contribution in [0.1, 0.15) is 50.6 Å². The Morgan fingerprint density at radius 2 is 1.96 bits per heavy atom. The molecule has 24 heavy (non-hydrogen) atoms. The summed E-state index contributed by atoms with van der Waals surface area (Å²) >= 11 is 0. The molecule has 2 N–H and O–H groups in total. The molecule has 2 fully saturated rings. The van der Waals surface area contributed by atoms with Crippen LogP contribution in [0.15, 0.2) is 24.3 Å². The summed E-state index contributed by atoms with van der Waals surface area (Å²) in [6.07, 6.45) is 4.82. The van der Waals surface area contributed by atoms with E-state index in [1.807, 2.05) is 12.1 Å². The lowest BCUT2D eigenvalue weighted by atomic mass is 9.74. The van der Waals surface area contributed by atoms with Gasteiger partial charge in [-0.1, -0.05) is 18.6 Å². The Bertz CT molecular complexity index is 564. The quantitative estimate of drug-likeness (QED) is 0.883. The molecular formula is C19H28N2O3. The van der Waals surface area contributed by atoms with Crippen molar-refractivity contribution in [3.63, 3.8) is 0 Å². The predicted octanol–water partition coefficient (Wildman–Crippen LogP) is 3.66. The summed E-state index contributed by atoms with van der Waals surface area (Å²) in [5, 5.41) is 13.0. The lowest BCUT2D eigenvalue weighted by molar-refractivity contribution is 0.0736. The van der Waals surface area contributed by atoms with Crippen LogP contribution in [0.4, 0.5) is 4.79 Å². The number of piperidine rings is 1. The fourth-order valence-electron chi connectivity index (χ4n) is 4.43. The summed E-state index contributed by atoms with van der Waals surface area (Å²) in [5.41, 5.74) is 1.54. The van der Waals surface area contributed by atoms with Crippen LogP contribution in [-0.2, 0) is 0 Å². The van der Waals surface area contributed by atoms with Gasteiger partial charge in [0.15, 0.2) is 0 Å². The van der Waals surface area contributed by atoms with Gasteiger partial charge in [0.2, 0.25) is 0 Å². The number of hydrogen-bond donors (Lipinski definition) is 2. The molecule has 1 aliphatic heterocycles. The van der Waals surface area contributed by atoms with E-state index in [-0.39, 0.29) is 11.5 Å². The number of amides is 1. The number of carbonyl (C=O) groups is 1. The standard InChI is InChI=1S/C19H28N2O3/c1-14(15-5-7-16(24-2)8-6-15)20-17-4-3-9-19(17)10-12-21(13-11-19)18(22)23/h5-8,14,17,20H,3-4,9-13H2,1-2H3,(H,22,23). The van der Waals surface area contributed by atoms with E-state index in [0.29, 0.717) is 19.1 Å². The van der Waals surface area contributed by atoms with Gasteiger partial charge in [0, 0.05) is 25.2 Å². The van der Waals surface area contributed by atoms with Crippen molar-refractivity contribution in [1.29, 1.82) is 0 Å². The molecule has 1 saturated heterocycles. The molecule has 1 heterocycles. The first kappa shape index (κ1) is 17.1. The van der Waals surface area contributed by atoms with E-state index in [0.717, 1.165) is 18.6 Å². The van der Waals surface area contributed by atoms with Crippen LogP contribution in [-0.4, -0.2) is 42.3 Å². The zero-order valence-corrected chi connectivity index (χ0v) is 14.6. The van der Waals surface area contributed by atoms with Gasteiger partial charge >= 0.3 is 6.09 Å². The molecule has 5 nitrogen and oxygen atoms in total. The second kappa shape index (κ2) is 7.01. The van der Waals surface area contributed by atoms with E-state index in [4.69, 9.17) is 4.74 Å². The second-order valence-electron chi connectivity index (χ2n) is 7.24. The van der Waals surface area contributed by atoms with Gasteiger partial charge in [-0.05, 0) is 55.7 Å². The first-order valence-corrected chi connectivity index (χ1v) is 8.92. The monoisotopic (exact) mass is 332 g/mol. The van der Waals surface area contributed by atoms with E-state index in [2.05, 4.69) is 24.4 Å². The van der Waals surface area contributed by atoms with Gasteiger partial charge in [-0.15, -0.1) is 0 Å². The maximum absolute atomic E-state index is 11.2. The minimum atomic E-state index is -0.779. The van der Waals surface area contributed by atoms with Crippen LogP contribution in [0.3, 0.4) is 0 Å². The number of ether oxygens (including phenoxy) is 1. The Balaban J connectivity index is 1.64. The van der Waals surface area contributed by atoms with Crippen molar-refractivity contribution >= 4 is 6.09 Å². The zero-order chi connectivity index (χ0) is 17.2. The molecule has 2 atom stereocenters. The maximum Gasteiger partial charge on any atom is 0.407 e. The minimum Gasteiger partial charge on any atom is -0.497 e. The number of hydrogen-bond acceptors (Lipinski definition) is 3.